The first-order chi connectivity index (χ1) is 18.3. The monoisotopic (exact) mass is 542 g/mol. The molecule has 0 heterocycles. The third kappa shape index (κ3) is 6.40. The third-order valence-electron chi connectivity index (χ3n) is 5.66. The molecule has 0 amide bonds. The maximum atomic E-state index is 10.9. The van der Waals surface area contributed by atoms with E-state index in [1.54, 1.807) is 25.3 Å². The van der Waals surface area contributed by atoms with Crippen LogP contribution in [0.25, 0.3) is 0 Å². The van der Waals surface area contributed by atoms with E-state index in [0.29, 0.717) is 34.0 Å². The fourth-order valence-electron chi connectivity index (χ4n) is 3.42. The van der Waals surface area contributed by atoms with E-state index in [4.69, 9.17) is 21.1 Å². The van der Waals surface area contributed by atoms with Crippen molar-refractivity contribution in [3.8, 4) is 11.5 Å². The van der Waals surface area contributed by atoms with Crippen LogP contribution in [0.4, 0.5) is 34.1 Å². The summed E-state index contributed by atoms with van der Waals surface area (Å²) in [5, 5.41) is 47.6. The number of hydrogen-bond donors (Lipinski definition) is 2. The van der Waals surface area contributed by atoms with Crippen molar-refractivity contribution >= 4 is 45.7 Å². The Kier molecular flexibility index (Phi) is 9.66. The Morgan fingerprint density at radius 1 is 0.868 bits per heavy atom. The Balaban J connectivity index is 1.98. The van der Waals surface area contributed by atoms with Crippen molar-refractivity contribution in [3.63, 3.8) is 0 Å². The minimum Gasteiger partial charge on any atom is -0.495 e. The number of aliphatic hydroxyl groups is 2. The van der Waals surface area contributed by atoms with Gasteiger partial charge in [-0.25, -0.2) is 0 Å². The van der Waals surface area contributed by atoms with E-state index in [9.17, 15) is 20.3 Å². The highest BCUT2D eigenvalue weighted by Crippen LogP contribution is 2.40. The number of non-ortho nitro benzene ring substituents is 1. The number of ether oxygens (including phenoxy) is 2. The van der Waals surface area contributed by atoms with Gasteiger partial charge >= 0.3 is 0 Å². The van der Waals surface area contributed by atoms with Gasteiger partial charge in [-0.1, -0.05) is 11.6 Å². The first-order valence-corrected chi connectivity index (χ1v) is 11.8. The predicted octanol–water partition coefficient (Wildman–Crippen LogP) is 6.54. The highest BCUT2D eigenvalue weighted by Gasteiger charge is 2.15. The summed E-state index contributed by atoms with van der Waals surface area (Å²) in [6.45, 7) is 2.10. The number of anilines is 1. The second-order valence-electron chi connectivity index (χ2n) is 7.93. The minimum atomic E-state index is -0.563. The maximum absolute atomic E-state index is 10.9. The van der Waals surface area contributed by atoms with E-state index in [1.807, 2.05) is 18.9 Å². The highest BCUT2D eigenvalue weighted by molar-refractivity contribution is 6.33. The second-order valence-corrected chi connectivity index (χ2v) is 8.34. The van der Waals surface area contributed by atoms with Gasteiger partial charge in [0.2, 0.25) is 0 Å². The van der Waals surface area contributed by atoms with Gasteiger partial charge in [-0.2, -0.15) is 0 Å². The number of benzene rings is 3. The molecule has 200 valence electrons. The lowest BCUT2D eigenvalue weighted by Gasteiger charge is -2.21. The molecule has 0 aliphatic heterocycles. The van der Waals surface area contributed by atoms with Crippen molar-refractivity contribution in [1.82, 2.24) is 0 Å². The van der Waals surface area contributed by atoms with Crippen LogP contribution in [0.5, 0.6) is 11.5 Å². The smallest absolute Gasteiger partial charge is 0.271 e. The van der Waals surface area contributed by atoms with E-state index >= 15 is 0 Å². The molecule has 0 spiro atoms. The molecule has 0 unspecified atom stereocenters. The average molecular weight is 543 g/mol. The van der Waals surface area contributed by atoms with Gasteiger partial charge in [-0.3, -0.25) is 10.1 Å². The van der Waals surface area contributed by atoms with Crippen LogP contribution in [0.1, 0.15) is 18.1 Å². The largest absolute Gasteiger partial charge is 0.495 e. The SMILES string of the molecule is CCN(C)c1cc(CO)c(N=Nc2cc(CO)c(N=Nc3ccc([N+](=O)[O-])cc3Cl)cc2OC)cc1OC. The molecule has 12 nitrogen and oxygen atoms in total. The Morgan fingerprint density at radius 3 is 1.95 bits per heavy atom. The van der Waals surface area contributed by atoms with Crippen LogP contribution in [-0.4, -0.2) is 42.9 Å². The molecule has 0 saturated carbocycles. The topological polar surface area (TPSA) is 155 Å². The molecule has 0 aromatic heterocycles. The van der Waals surface area contributed by atoms with Crippen LogP contribution in [0.2, 0.25) is 5.02 Å². The number of azo groups is 2. The molecular formula is C25H27ClN6O6. The number of hydrogen-bond acceptors (Lipinski definition) is 11. The summed E-state index contributed by atoms with van der Waals surface area (Å²) in [7, 11) is 4.91. The minimum absolute atomic E-state index is 0.0529. The van der Waals surface area contributed by atoms with E-state index in [-0.39, 0.29) is 35.3 Å². The van der Waals surface area contributed by atoms with Crippen LogP contribution in [0, 0.1) is 10.1 Å². The van der Waals surface area contributed by atoms with E-state index in [1.165, 1.54) is 31.4 Å². The van der Waals surface area contributed by atoms with Crippen LogP contribution in [0.15, 0.2) is 62.9 Å². The van der Waals surface area contributed by atoms with Crippen LogP contribution in [0.3, 0.4) is 0 Å². The van der Waals surface area contributed by atoms with Crippen molar-refractivity contribution in [2.75, 3.05) is 32.7 Å². The molecular weight excluding hydrogens is 516 g/mol. The Hall–Kier alpha value is -4.13. The van der Waals surface area contributed by atoms with Crippen LogP contribution in [-0.2, 0) is 13.2 Å². The average Bonchev–Trinajstić information content (AvgIpc) is 2.93. The fraction of sp³-hybridized carbons (Fsp3) is 0.280. The number of nitro benzene ring substituents is 1. The molecule has 3 aromatic rings. The molecule has 13 heteroatoms. The first-order valence-electron chi connectivity index (χ1n) is 11.4. The number of nitrogens with zero attached hydrogens (tertiary/aromatic N) is 6. The summed E-state index contributed by atoms with van der Waals surface area (Å²) in [5.74, 6) is 0.874. The van der Waals surface area contributed by atoms with Crippen molar-refractivity contribution in [2.24, 2.45) is 20.5 Å². The van der Waals surface area contributed by atoms with Gasteiger partial charge in [0.25, 0.3) is 5.69 Å². The Labute approximate surface area is 224 Å². The standard InChI is InChI=1S/C25H27ClN6O6/c1-5-31(2)23-9-16(14-34)21(12-25(23)38-4)29-30-22-8-15(13-33)20(11-24(22)37-3)28-27-19-7-6-17(32(35)36)10-18(19)26/h6-12,33-34H,5,13-14H2,1-4H3. The molecule has 38 heavy (non-hydrogen) atoms. The van der Waals surface area contributed by atoms with E-state index < -0.39 is 4.92 Å². The number of nitro groups is 1. The van der Waals surface area contributed by atoms with Gasteiger partial charge in [0.15, 0.2) is 0 Å². The maximum Gasteiger partial charge on any atom is 0.271 e. The number of methoxy groups -OCH3 is 2. The van der Waals surface area contributed by atoms with Gasteiger partial charge in [-0.15, -0.1) is 20.5 Å². The molecule has 0 radical (unpaired) electrons. The zero-order valence-corrected chi connectivity index (χ0v) is 22.0. The summed E-state index contributed by atoms with van der Waals surface area (Å²) >= 11 is 6.09. The third-order valence-corrected chi connectivity index (χ3v) is 5.96. The summed E-state index contributed by atoms with van der Waals surface area (Å²) in [4.78, 5) is 12.3. The molecule has 0 saturated heterocycles. The van der Waals surface area contributed by atoms with E-state index in [0.717, 1.165) is 12.2 Å². The van der Waals surface area contributed by atoms with Crippen molar-refractivity contribution in [3.05, 3.63) is 68.7 Å². The highest BCUT2D eigenvalue weighted by atomic mass is 35.5. The summed E-state index contributed by atoms with van der Waals surface area (Å²) in [6.07, 6.45) is 0. The lowest BCUT2D eigenvalue weighted by Crippen LogP contribution is -2.17. The van der Waals surface area contributed by atoms with Crippen molar-refractivity contribution < 1.29 is 24.6 Å². The zero-order valence-electron chi connectivity index (χ0n) is 21.3. The van der Waals surface area contributed by atoms with Crippen molar-refractivity contribution in [1.29, 1.82) is 0 Å². The Bertz CT molecular complexity index is 1380. The fourth-order valence-corrected chi connectivity index (χ4v) is 3.63. The lowest BCUT2D eigenvalue weighted by atomic mass is 10.1. The molecule has 0 aliphatic carbocycles. The number of rotatable bonds is 11. The predicted molar refractivity (Wildman–Crippen MR) is 143 cm³/mol. The summed E-state index contributed by atoms with van der Waals surface area (Å²) in [5.41, 5.74) is 2.77. The van der Waals surface area contributed by atoms with Gasteiger partial charge in [0.05, 0.1) is 54.4 Å². The van der Waals surface area contributed by atoms with Crippen molar-refractivity contribution in [2.45, 2.75) is 20.1 Å². The van der Waals surface area contributed by atoms with Gasteiger partial charge < -0.3 is 24.6 Å². The molecule has 0 aliphatic rings. The molecule has 3 aromatic carbocycles. The lowest BCUT2D eigenvalue weighted by molar-refractivity contribution is -0.384. The molecule has 0 atom stereocenters. The van der Waals surface area contributed by atoms with Crippen LogP contribution >= 0.6 is 11.6 Å². The van der Waals surface area contributed by atoms with Crippen LogP contribution < -0.4 is 14.4 Å². The molecule has 0 bridgehead atoms. The quantitative estimate of drug-likeness (QED) is 0.158. The number of halogens is 1. The first kappa shape index (κ1) is 28.4. The molecule has 0 fully saturated rings. The van der Waals surface area contributed by atoms with Gasteiger partial charge in [-0.05, 0) is 25.1 Å². The van der Waals surface area contributed by atoms with Gasteiger partial charge in [0.1, 0.15) is 22.9 Å². The summed E-state index contributed by atoms with van der Waals surface area (Å²) < 4.78 is 10.9. The van der Waals surface area contributed by atoms with Gasteiger partial charge in [0, 0.05) is 49.0 Å². The molecule has 3 rings (SSSR count). The normalized spacial score (nSPS) is 11.3. The number of aliphatic hydroxyl groups excluding tert-OH is 2. The Morgan fingerprint density at radius 2 is 1.42 bits per heavy atom. The van der Waals surface area contributed by atoms with E-state index in [2.05, 4.69) is 20.5 Å². The second kappa shape index (κ2) is 12.9. The zero-order chi connectivity index (χ0) is 27.8. The molecule has 2 N–H and O–H groups in total. The summed E-state index contributed by atoms with van der Waals surface area (Å²) in [6, 6.07) is 10.4.